The van der Waals surface area contributed by atoms with Gasteiger partial charge in [0.2, 0.25) is 5.88 Å². The zero-order valence-electron chi connectivity index (χ0n) is 19.7. The Morgan fingerprint density at radius 2 is 1.86 bits per heavy atom. The van der Waals surface area contributed by atoms with Crippen molar-refractivity contribution < 1.29 is 19.0 Å². The lowest BCUT2D eigenvalue weighted by molar-refractivity contribution is 0.0739. The number of carbonyl (C=O) groups excluding carboxylic acids is 1. The van der Waals surface area contributed by atoms with Crippen LogP contribution in [0.2, 0.25) is 0 Å². The summed E-state index contributed by atoms with van der Waals surface area (Å²) in [5, 5.41) is 11.6. The number of ether oxygens (including phenoxy) is 3. The number of nitriles is 1. The molecule has 0 amide bonds. The van der Waals surface area contributed by atoms with E-state index in [1.54, 1.807) is 24.3 Å². The molecule has 1 aromatic heterocycles. The maximum atomic E-state index is 12.3. The number of hydrogen-bond acceptors (Lipinski definition) is 7. The van der Waals surface area contributed by atoms with Gasteiger partial charge in [0, 0.05) is 11.6 Å². The summed E-state index contributed by atoms with van der Waals surface area (Å²) in [6.45, 7) is 2.89. The van der Waals surface area contributed by atoms with Crippen LogP contribution in [0.1, 0.15) is 65.7 Å². The van der Waals surface area contributed by atoms with E-state index in [9.17, 15) is 10.1 Å². The third-order valence-electron chi connectivity index (χ3n) is 5.85. The van der Waals surface area contributed by atoms with Gasteiger partial charge in [0.1, 0.15) is 33.8 Å². The van der Waals surface area contributed by atoms with Crippen LogP contribution >= 0.6 is 11.3 Å². The SMILES string of the molecule is CCCCCCCOc1ccc(C2C(C#N)=C(N)Oc3cc(OC(=O)c4cccs4)ccc32)cc1. The molecule has 1 atom stereocenters. The normalized spacial score (nSPS) is 14.6. The Morgan fingerprint density at radius 1 is 1.09 bits per heavy atom. The van der Waals surface area contributed by atoms with E-state index in [1.165, 1.54) is 37.0 Å². The molecule has 1 aliphatic rings. The van der Waals surface area contributed by atoms with Crippen molar-refractivity contribution in [2.24, 2.45) is 5.73 Å². The van der Waals surface area contributed by atoms with E-state index < -0.39 is 11.9 Å². The van der Waals surface area contributed by atoms with Crippen molar-refractivity contribution >= 4 is 17.3 Å². The van der Waals surface area contributed by atoms with Gasteiger partial charge >= 0.3 is 5.97 Å². The molecule has 0 saturated heterocycles. The molecule has 0 spiro atoms. The average Bonchev–Trinajstić information content (AvgIpc) is 3.41. The first-order chi connectivity index (χ1) is 17.1. The molecule has 0 fully saturated rings. The Bertz CT molecular complexity index is 1230. The molecular formula is C28H28N2O4S. The van der Waals surface area contributed by atoms with Crippen molar-refractivity contribution in [2.45, 2.75) is 44.9 Å². The lowest BCUT2D eigenvalue weighted by Crippen LogP contribution is -2.21. The van der Waals surface area contributed by atoms with Crippen molar-refractivity contribution in [3.05, 3.63) is 87.4 Å². The maximum Gasteiger partial charge on any atom is 0.353 e. The average molecular weight is 489 g/mol. The van der Waals surface area contributed by atoms with Gasteiger partial charge in [-0.25, -0.2) is 4.79 Å². The van der Waals surface area contributed by atoms with Crippen LogP contribution in [0.15, 0.2) is 71.4 Å². The highest BCUT2D eigenvalue weighted by molar-refractivity contribution is 7.12. The Balaban J connectivity index is 1.50. The zero-order valence-corrected chi connectivity index (χ0v) is 20.5. The van der Waals surface area contributed by atoms with Crippen LogP contribution in [0.4, 0.5) is 0 Å². The molecule has 6 nitrogen and oxygen atoms in total. The number of thiophene rings is 1. The molecule has 2 aromatic carbocycles. The summed E-state index contributed by atoms with van der Waals surface area (Å²) in [5.74, 6) is 0.803. The summed E-state index contributed by atoms with van der Waals surface area (Å²) >= 11 is 1.31. The van der Waals surface area contributed by atoms with Crippen LogP contribution in [-0.4, -0.2) is 12.6 Å². The zero-order chi connectivity index (χ0) is 24.6. The van der Waals surface area contributed by atoms with E-state index in [0.717, 1.165) is 23.3 Å². The van der Waals surface area contributed by atoms with Gasteiger partial charge in [0.25, 0.3) is 0 Å². The number of esters is 1. The topological polar surface area (TPSA) is 94.6 Å². The summed E-state index contributed by atoms with van der Waals surface area (Å²) in [7, 11) is 0. The fraction of sp³-hybridized carbons (Fsp3) is 0.286. The molecule has 2 heterocycles. The van der Waals surface area contributed by atoms with Gasteiger partial charge in [0.05, 0.1) is 12.5 Å². The quantitative estimate of drug-likeness (QED) is 0.198. The molecule has 1 unspecified atom stereocenters. The minimum Gasteiger partial charge on any atom is -0.494 e. The summed E-state index contributed by atoms with van der Waals surface area (Å²) in [5.41, 5.74) is 8.12. The molecule has 0 saturated carbocycles. The van der Waals surface area contributed by atoms with E-state index in [1.807, 2.05) is 35.7 Å². The largest absolute Gasteiger partial charge is 0.494 e. The van der Waals surface area contributed by atoms with E-state index in [2.05, 4.69) is 13.0 Å². The van der Waals surface area contributed by atoms with Crippen molar-refractivity contribution in [3.63, 3.8) is 0 Å². The van der Waals surface area contributed by atoms with Gasteiger partial charge in [-0.2, -0.15) is 5.26 Å². The molecule has 0 bridgehead atoms. The van der Waals surface area contributed by atoms with E-state index in [-0.39, 0.29) is 5.88 Å². The lowest BCUT2D eigenvalue weighted by atomic mass is 9.83. The van der Waals surface area contributed by atoms with E-state index in [4.69, 9.17) is 19.9 Å². The smallest absolute Gasteiger partial charge is 0.353 e. The minimum atomic E-state index is -0.436. The first-order valence-electron chi connectivity index (χ1n) is 11.8. The molecule has 180 valence electrons. The van der Waals surface area contributed by atoms with E-state index >= 15 is 0 Å². The summed E-state index contributed by atoms with van der Waals surface area (Å²) < 4.78 is 17.1. The van der Waals surface area contributed by atoms with Crippen molar-refractivity contribution in [1.29, 1.82) is 5.26 Å². The van der Waals surface area contributed by atoms with Gasteiger partial charge in [-0.05, 0) is 41.6 Å². The fourth-order valence-electron chi connectivity index (χ4n) is 4.05. The Hall–Kier alpha value is -3.76. The highest BCUT2D eigenvalue weighted by atomic mass is 32.1. The van der Waals surface area contributed by atoms with Gasteiger partial charge < -0.3 is 19.9 Å². The predicted molar refractivity (Wildman–Crippen MR) is 136 cm³/mol. The predicted octanol–water partition coefficient (Wildman–Crippen LogP) is 6.53. The number of carbonyl (C=O) groups is 1. The van der Waals surface area contributed by atoms with Gasteiger partial charge in [-0.3, -0.25) is 0 Å². The van der Waals surface area contributed by atoms with Crippen LogP contribution in [0.25, 0.3) is 0 Å². The minimum absolute atomic E-state index is 0.0409. The molecule has 0 radical (unpaired) electrons. The highest BCUT2D eigenvalue weighted by Crippen LogP contribution is 2.43. The number of rotatable bonds is 10. The van der Waals surface area contributed by atoms with Crippen molar-refractivity contribution in [3.8, 4) is 23.3 Å². The molecule has 1 aliphatic heterocycles. The van der Waals surface area contributed by atoms with E-state index in [0.29, 0.717) is 28.6 Å². The first-order valence-corrected chi connectivity index (χ1v) is 12.7. The molecule has 0 aliphatic carbocycles. The number of fused-ring (bicyclic) bond motifs is 1. The Kier molecular flexibility index (Phi) is 8.07. The summed E-state index contributed by atoms with van der Waals surface area (Å²) in [4.78, 5) is 12.8. The number of benzene rings is 2. The maximum absolute atomic E-state index is 12.3. The highest BCUT2D eigenvalue weighted by Gasteiger charge is 2.31. The molecule has 4 rings (SSSR count). The van der Waals surface area contributed by atoms with Crippen molar-refractivity contribution in [1.82, 2.24) is 0 Å². The number of unbranched alkanes of at least 4 members (excludes halogenated alkanes) is 4. The molecule has 35 heavy (non-hydrogen) atoms. The summed E-state index contributed by atoms with van der Waals surface area (Å²) in [6.07, 6.45) is 5.93. The fourth-order valence-corrected chi connectivity index (χ4v) is 4.65. The van der Waals surface area contributed by atoms with Crippen molar-refractivity contribution in [2.75, 3.05) is 6.61 Å². The third-order valence-corrected chi connectivity index (χ3v) is 6.70. The van der Waals surface area contributed by atoms with Crippen LogP contribution < -0.4 is 19.9 Å². The first kappa shape index (κ1) is 24.4. The lowest BCUT2D eigenvalue weighted by Gasteiger charge is -2.26. The number of hydrogen-bond donors (Lipinski definition) is 1. The summed E-state index contributed by atoms with van der Waals surface area (Å²) in [6, 6.07) is 18.6. The second kappa shape index (κ2) is 11.6. The molecule has 3 aromatic rings. The number of nitrogens with two attached hydrogens (primary N) is 1. The number of nitrogens with zero attached hydrogens (tertiary/aromatic N) is 1. The third kappa shape index (κ3) is 5.84. The second-order valence-corrected chi connectivity index (χ2v) is 9.27. The molecule has 7 heteroatoms. The molecule has 2 N–H and O–H groups in total. The van der Waals surface area contributed by atoms with Gasteiger partial charge in [-0.1, -0.05) is 56.9 Å². The van der Waals surface area contributed by atoms with Gasteiger partial charge in [-0.15, -0.1) is 11.3 Å². The van der Waals surface area contributed by atoms with Crippen LogP contribution in [-0.2, 0) is 0 Å². The van der Waals surface area contributed by atoms with Crippen LogP contribution in [0.5, 0.6) is 17.2 Å². The molecular weight excluding hydrogens is 460 g/mol. The number of allylic oxidation sites excluding steroid dienone is 1. The monoisotopic (exact) mass is 488 g/mol. The van der Waals surface area contributed by atoms with Crippen LogP contribution in [0, 0.1) is 11.3 Å². The Morgan fingerprint density at radius 3 is 2.57 bits per heavy atom. The van der Waals surface area contributed by atoms with Crippen LogP contribution in [0.3, 0.4) is 0 Å². The Labute approximate surface area is 209 Å². The standard InChI is InChI=1S/C28H28N2O4S/c1-2-3-4-5-6-15-32-20-11-9-19(10-12-20)26-22-14-13-21(33-28(31)25-8-7-16-35-25)17-24(22)34-27(30)23(26)18-29/h7-14,16-17,26H,2-6,15,30H2,1H3. The van der Waals surface area contributed by atoms with Gasteiger partial charge in [0.15, 0.2) is 0 Å². The second-order valence-electron chi connectivity index (χ2n) is 8.32.